The number of nitrogens with zero attached hydrogens (tertiary/aromatic N) is 2. The largest absolute Gasteiger partial charge is 0.379 e. The highest BCUT2D eigenvalue weighted by atomic mass is 16.5. The third kappa shape index (κ3) is 2.56. The molecule has 0 amide bonds. The quantitative estimate of drug-likeness (QED) is 0.803. The molecule has 22 heavy (non-hydrogen) atoms. The summed E-state index contributed by atoms with van der Waals surface area (Å²) in [6.45, 7) is 4.96. The number of nitrogens with one attached hydrogen (secondary N) is 1. The van der Waals surface area contributed by atoms with Crippen LogP contribution in [0.3, 0.4) is 0 Å². The van der Waals surface area contributed by atoms with E-state index >= 15 is 0 Å². The second-order valence-electron chi connectivity index (χ2n) is 5.81. The van der Waals surface area contributed by atoms with Crippen molar-refractivity contribution >= 4 is 0 Å². The van der Waals surface area contributed by atoms with Crippen LogP contribution in [0.15, 0.2) is 48.7 Å². The van der Waals surface area contributed by atoms with Gasteiger partial charge < -0.3 is 9.84 Å². The Labute approximate surface area is 130 Å². The number of benzene rings is 1. The molecule has 4 heteroatoms. The van der Waals surface area contributed by atoms with Gasteiger partial charge in [0.2, 0.25) is 0 Å². The first-order chi connectivity index (χ1) is 10.9. The minimum Gasteiger partial charge on any atom is -0.379 e. The second kappa shape index (κ2) is 5.99. The Morgan fingerprint density at radius 2 is 1.82 bits per heavy atom. The normalized spacial score (nSPS) is 16.4. The third-order valence-corrected chi connectivity index (χ3v) is 4.46. The van der Waals surface area contributed by atoms with Crippen LogP contribution in [0.4, 0.5) is 0 Å². The van der Waals surface area contributed by atoms with Crippen molar-refractivity contribution in [3.63, 3.8) is 0 Å². The predicted octanol–water partition coefficient (Wildman–Crippen LogP) is 2.78. The monoisotopic (exact) mass is 295 g/mol. The van der Waals surface area contributed by atoms with Crippen molar-refractivity contribution in [2.45, 2.75) is 6.42 Å². The summed E-state index contributed by atoms with van der Waals surface area (Å²) in [6, 6.07) is 14.9. The van der Waals surface area contributed by atoms with Gasteiger partial charge in [-0.15, -0.1) is 0 Å². The number of fused-ring (bicyclic) bond motifs is 1. The molecular weight excluding hydrogens is 274 g/mol. The maximum Gasteiger partial charge on any atom is 0.0720 e. The fraction of sp³-hybridized carbons (Fsp3) is 0.333. The fourth-order valence-electron chi connectivity index (χ4n) is 3.20. The molecule has 0 unspecified atom stereocenters. The number of hydrogen-bond acceptors (Lipinski definition) is 2. The molecule has 1 aromatic rings. The van der Waals surface area contributed by atoms with Gasteiger partial charge >= 0.3 is 0 Å². The van der Waals surface area contributed by atoms with Crippen LogP contribution in [0.1, 0.15) is 5.56 Å². The Hall–Kier alpha value is -2.04. The SMILES string of the molecule is c1ccc(-n2[nH]cc3c(CCN4CCOCC4)ccc2-3)cc1. The second-order valence-corrected chi connectivity index (χ2v) is 5.81. The van der Waals surface area contributed by atoms with E-state index in [1.54, 1.807) is 0 Å². The van der Waals surface area contributed by atoms with Crippen LogP contribution in [0.2, 0.25) is 0 Å². The van der Waals surface area contributed by atoms with Crippen molar-refractivity contribution < 1.29 is 4.74 Å². The number of aromatic nitrogens is 2. The van der Waals surface area contributed by atoms with Crippen LogP contribution in [0.25, 0.3) is 16.9 Å². The average Bonchev–Trinajstić information content (AvgIpc) is 3.17. The molecule has 2 aliphatic heterocycles. The van der Waals surface area contributed by atoms with Gasteiger partial charge in [0.05, 0.1) is 24.6 Å². The number of H-pyrrole nitrogens is 1. The van der Waals surface area contributed by atoms with Crippen LogP contribution < -0.4 is 0 Å². The van der Waals surface area contributed by atoms with Crippen LogP contribution in [0.5, 0.6) is 0 Å². The lowest BCUT2D eigenvalue weighted by atomic mass is 10.1. The predicted molar refractivity (Wildman–Crippen MR) is 87.7 cm³/mol. The molecule has 0 saturated carbocycles. The molecule has 2 heterocycles. The minimum atomic E-state index is 0.870. The summed E-state index contributed by atoms with van der Waals surface area (Å²) >= 11 is 0. The molecule has 1 fully saturated rings. The molecular formula is C18H21N3O. The van der Waals surface area contributed by atoms with E-state index in [1.807, 2.05) is 6.07 Å². The van der Waals surface area contributed by atoms with Crippen molar-refractivity contribution in [3.05, 3.63) is 54.2 Å². The molecule has 4 rings (SSSR count). The highest BCUT2D eigenvalue weighted by molar-refractivity contribution is 5.69. The Kier molecular flexibility index (Phi) is 3.70. The standard InChI is InChI=1S/C18H21N3O/c1-2-4-16(5-3-1)21-18-7-6-15(17(18)14-19-21)8-9-20-10-12-22-13-11-20/h1-7,14,19H,8-13H2. The highest BCUT2D eigenvalue weighted by Crippen LogP contribution is 2.30. The summed E-state index contributed by atoms with van der Waals surface area (Å²) in [6.07, 6.45) is 3.22. The lowest BCUT2D eigenvalue weighted by molar-refractivity contribution is 0.0384. The average molecular weight is 295 g/mol. The van der Waals surface area contributed by atoms with E-state index in [4.69, 9.17) is 4.74 Å². The van der Waals surface area contributed by atoms with Gasteiger partial charge in [-0.3, -0.25) is 9.58 Å². The third-order valence-electron chi connectivity index (χ3n) is 4.46. The van der Waals surface area contributed by atoms with Crippen molar-refractivity contribution in [1.82, 2.24) is 14.7 Å². The molecule has 1 aromatic carbocycles. The van der Waals surface area contributed by atoms with Crippen molar-refractivity contribution in [1.29, 1.82) is 0 Å². The Morgan fingerprint density at radius 3 is 2.64 bits per heavy atom. The van der Waals surface area contributed by atoms with Gasteiger partial charge in [0.15, 0.2) is 0 Å². The van der Waals surface area contributed by atoms with Crippen molar-refractivity contribution in [2.75, 3.05) is 32.8 Å². The number of morpholine rings is 1. The van der Waals surface area contributed by atoms with E-state index in [2.05, 4.69) is 57.3 Å². The molecule has 0 aromatic heterocycles. The van der Waals surface area contributed by atoms with E-state index in [1.165, 1.54) is 22.5 Å². The van der Waals surface area contributed by atoms with E-state index in [0.29, 0.717) is 0 Å². The van der Waals surface area contributed by atoms with Gasteiger partial charge in [-0.25, -0.2) is 0 Å². The Bertz CT molecular complexity index is 694. The lowest BCUT2D eigenvalue weighted by Crippen LogP contribution is -2.37. The number of ether oxygens (including phenoxy) is 1. The summed E-state index contributed by atoms with van der Waals surface area (Å²) in [5, 5.41) is 3.37. The van der Waals surface area contributed by atoms with Crippen molar-refractivity contribution in [3.8, 4) is 16.9 Å². The summed E-state index contributed by atoms with van der Waals surface area (Å²) in [5.74, 6) is 0. The van der Waals surface area contributed by atoms with Gasteiger partial charge in [-0.1, -0.05) is 24.3 Å². The molecule has 1 N–H and O–H groups in total. The first kappa shape index (κ1) is 13.6. The zero-order valence-corrected chi connectivity index (χ0v) is 12.7. The Morgan fingerprint density at radius 1 is 1.00 bits per heavy atom. The molecule has 0 atom stereocenters. The van der Waals surface area contributed by atoms with Gasteiger partial charge in [-0.2, -0.15) is 0 Å². The Balaban J connectivity index is 1.50. The molecule has 3 aliphatic rings. The summed E-state index contributed by atoms with van der Waals surface area (Å²) in [5.41, 5.74) is 5.18. The molecule has 0 spiro atoms. The maximum absolute atomic E-state index is 5.41. The van der Waals surface area contributed by atoms with Crippen molar-refractivity contribution in [2.24, 2.45) is 0 Å². The van der Waals surface area contributed by atoms with Crippen LogP contribution in [-0.2, 0) is 11.2 Å². The number of hydrogen-bond donors (Lipinski definition) is 1. The van der Waals surface area contributed by atoms with Gasteiger partial charge in [0.25, 0.3) is 0 Å². The lowest BCUT2D eigenvalue weighted by Gasteiger charge is -2.26. The summed E-state index contributed by atoms with van der Waals surface area (Å²) < 4.78 is 7.56. The molecule has 0 bridgehead atoms. The van der Waals surface area contributed by atoms with Gasteiger partial charge in [-0.05, 0) is 30.2 Å². The van der Waals surface area contributed by atoms with Crippen LogP contribution in [-0.4, -0.2) is 47.5 Å². The van der Waals surface area contributed by atoms with Gasteiger partial charge in [0, 0.05) is 31.4 Å². The smallest absolute Gasteiger partial charge is 0.0720 e. The van der Waals surface area contributed by atoms with E-state index < -0.39 is 0 Å². The topological polar surface area (TPSA) is 33.2 Å². The zero-order valence-electron chi connectivity index (χ0n) is 12.7. The van der Waals surface area contributed by atoms with E-state index in [0.717, 1.165) is 39.3 Å². The summed E-state index contributed by atoms with van der Waals surface area (Å²) in [7, 11) is 0. The number of aromatic amines is 1. The molecule has 114 valence electrons. The van der Waals surface area contributed by atoms with Gasteiger partial charge in [0.1, 0.15) is 0 Å². The zero-order chi connectivity index (χ0) is 14.8. The highest BCUT2D eigenvalue weighted by Gasteiger charge is 2.17. The molecule has 4 nitrogen and oxygen atoms in total. The molecule has 1 saturated heterocycles. The van der Waals surface area contributed by atoms with E-state index in [9.17, 15) is 0 Å². The number of para-hydroxylation sites is 1. The van der Waals surface area contributed by atoms with Crippen LogP contribution >= 0.6 is 0 Å². The molecule has 0 radical (unpaired) electrons. The fourth-order valence-corrected chi connectivity index (χ4v) is 3.20. The minimum absolute atomic E-state index is 0.870. The maximum atomic E-state index is 5.41. The molecule has 1 aliphatic carbocycles. The van der Waals surface area contributed by atoms with E-state index in [-0.39, 0.29) is 0 Å². The number of rotatable bonds is 4. The first-order valence-corrected chi connectivity index (χ1v) is 7.95. The van der Waals surface area contributed by atoms with Crippen LogP contribution in [0, 0.1) is 0 Å². The summed E-state index contributed by atoms with van der Waals surface area (Å²) in [4.78, 5) is 2.49. The first-order valence-electron chi connectivity index (χ1n) is 7.95.